The third kappa shape index (κ3) is 3.96. The maximum Gasteiger partial charge on any atom is 0.293 e. The highest BCUT2D eigenvalue weighted by molar-refractivity contribution is 8.16. The lowest BCUT2D eigenvalue weighted by atomic mass is 10.2. The summed E-state index contributed by atoms with van der Waals surface area (Å²) in [6, 6.07) is 10.6. The van der Waals surface area contributed by atoms with Crippen LogP contribution >= 0.6 is 23.1 Å². The smallest absolute Gasteiger partial charge is 0.293 e. The first-order chi connectivity index (χ1) is 15.9. The summed E-state index contributed by atoms with van der Waals surface area (Å²) >= 11 is 2.10. The Labute approximate surface area is 203 Å². The molecule has 1 aromatic heterocycles. The number of carbonyl (C=O) groups excluding carboxylic acids is 1. The van der Waals surface area contributed by atoms with Crippen molar-refractivity contribution < 1.29 is 26.7 Å². The zero-order valence-electron chi connectivity index (χ0n) is 17.6. The Bertz CT molecular complexity index is 1670. The number of fused-ring (bicyclic) bond motifs is 4. The monoisotopic (exact) mass is 536 g/mol. The Hall–Kier alpha value is -2.94. The predicted octanol–water partition coefficient (Wildman–Crippen LogP) is 3.26. The second kappa shape index (κ2) is 7.80. The van der Waals surface area contributed by atoms with Crippen LogP contribution in [0.2, 0.25) is 0 Å². The van der Waals surface area contributed by atoms with Gasteiger partial charge in [0, 0.05) is 4.90 Å². The number of amides is 1. The van der Waals surface area contributed by atoms with E-state index in [1.807, 2.05) is 26.0 Å². The van der Waals surface area contributed by atoms with E-state index in [1.54, 1.807) is 24.3 Å². The summed E-state index contributed by atoms with van der Waals surface area (Å²) in [7, 11) is -8.93. The number of aryl methyl sites for hydroxylation is 2. The third-order valence-electron chi connectivity index (χ3n) is 4.98. The fourth-order valence-corrected chi connectivity index (χ4v) is 8.34. The molecular weight excluding hydrogens is 521 g/mol. The van der Waals surface area contributed by atoms with Gasteiger partial charge in [-0.2, -0.15) is 8.42 Å². The Morgan fingerprint density at radius 2 is 1.85 bits per heavy atom. The number of benzene rings is 2. The van der Waals surface area contributed by atoms with Crippen LogP contribution in [0.15, 0.2) is 56.4 Å². The molecule has 2 N–H and O–H groups in total. The lowest BCUT2D eigenvalue weighted by molar-refractivity contribution is -0.113. The minimum atomic E-state index is -4.62. The summed E-state index contributed by atoms with van der Waals surface area (Å²) in [5.41, 5.74) is 2.88. The van der Waals surface area contributed by atoms with E-state index in [9.17, 15) is 26.7 Å². The number of hydrogen-bond donors (Lipinski definition) is 2. The second-order valence-electron chi connectivity index (χ2n) is 7.69. The molecule has 2 aromatic carbocycles. The quantitative estimate of drug-likeness (QED) is 0.382. The number of nitrogens with one attached hydrogen (secondary N) is 1. The molecule has 3 aromatic rings. The SMILES string of the molecule is Cc1ccc2c(c1)SC1=NS(=O)(=O)C(=C(O)CS(=O)(=O)Nc3nc4ccc(C)cc4s3)C(=O)N12. The van der Waals surface area contributed by atoms with Crippen molar-refractivity contribution in [1.82, 2.24) is 4.98 Å². The molecule has 2 aliphatic rings. The Kier molecular flexibility index (Phi) is 5.24. The highest BCUT2D eigenvalue weighted by Gasteiger charge is 2.45. The first-order valence-electron chi connectivity index (χ1n) is 9.71. The molecule has 1 amide bonds. The van der Waals surface area contributed by atoms with Crippen molar-refractivity contribution in [1.29, 1.82) is 0 Å². The van der Waals surface area contributed by atoms with Gasteiger partial charge in [0.15, 0.2) is 15.2 Å². The van der Waals surface area contributed by atoms with E-state index < -0.39 is 42.4 Å². The first kappa shape index (κ1) is 22.8. The second-order valence-corrected chi connectivity index (χ2v) is 13.0. The molecule has 0 aliphatic carbocycles. The van der Waals surface area contributed by atoms with E-state index >= 15 is 0 Å². The van der Waals surface area contributed by atoms with Crippen molar-refractivity contribution in [3.05, 3.63) is 58.2 Å². The maximum atomic E-state index is 13.1. The fraction of sp³-hybridized carbons (Fsp3) is 0.150. The van der Waals surface area contributed by atoms with Crippen LogP contribution in [-0.4, -0.2) is 43.8 Å². The summed E-state index contributed by atoms with van der Waals surface area (Å²) < 4.78 is 57.4. The van der Waals surface area contributed by atoms with E-state index in [0.717, 1.165) is 43.8 Å². The lowest BCUT2D eigenvalue weighted by Crippen LogP contribution is -2.41. The molecule has 0 atom stereocenters. The minimum absolute atomic E-state index is 0.0526. The van der Waals surface area contributed by atoms with Crippen LogP contribution in [-0.2, 0) is 24.8 Å². The molecule has 3 heterocycles. The van der Waals surface area contributed by atoms with Crippen LogP contribution in [0, 0.1) is 13.8 Å². The van der Waals surface area contributed by atoms with Gasteiger partial charge in [-0.1, -0.05) is 23.5 Å². The van der Waals surface area contributed by atoms with Crippen LogP contribution in [0.1, 0.15) is 11.1 Å². The zero-order chi connectivity index (χ0) is 24.4. The van der Waals surface area contributed by atoms with Crippen LogP contribution in [0.5, 0.6) is 0 Å². The number of anilines is 2. The van der Waals surface area contributed by atoms with Crippen LogP contribution in [0.25, 0.3) is 10.2 Å². The number of thiazole rings is 1. The van der Waals surface area contributed by atoms with Gasteiger partial charge in [0.1, 0.15) is 11.5 Å². The van der Waals surface area contributed by atoms with Gasteiger partial charge >= 0.3 is 0 Å². The molecule has 176 valence electrons. The third-order valence-corrected chi connectivity index (χ3v) is 9.66. The van der Waals surface area contributed by atoms with Gasteiger partial charge in [0.25, 0.3) is 15.9 Å². The van der Waals surface area contributed by atoms with Gasteiger partial charge in [0.2, 0.25) is 10.0 Å². The molecule has 34 heavy (non-hydrogen) atoms. The van der Waals surface area contributed by atoms with Gasteiger partial charge < -0.3 is 5.11 Å². The van der Waals surface area contributed by atoms with Crippen LogP contribution in [0.3, 0.4) is 0 Å². The lowest BCUT2D eigenvalue weighted by Gasteiger charge is -2.22. The van der Waals surface area contributed by atoms with Crippen molar-refractivity contribution >= 4 is 75.3 Å². The molecule has 0 radical (unpaired) electrons. The standard InChI is InChI=1S/C20H16N4O6S4/c1-10-3-5-12-15(7-10)31-19(21-12)22-33(27,28)9-14(25)17-18(26)24-13-6-4-11(2)8-16(13)32-20(24)23-34(17,29)30/h3-8,25H,9H2,1-2H3,(H,21,22). The number of amidine groups is 1. The summed E-state index contributed by atoms with van der Waals surface area (Å²) in [4.78, 5) is 17.9. The molecule has 0 saturated carbocycles. The number of nitrogens with zero attached hydrogens (tertiary/aromatic N) is 3. The van der Waals surface area contributed by atoms with Crippen molar-refractivity contribution in [2.24, 2.45) is 4.40 Å². The molecule has 10 nitrogen and oxygen atoms in total. The summed E-state index contributed by atoms with van der Waals surface area (Å²) in [6.45, 7) is 3.74. The first-order valence-corrected chi connectivity index (χ1v) is 14.4. The number of hydrogen-bond acceptors (Lipinski definition) is 9. The summed E-state index contributed by atoms with van der Waals surface area (Å²) in [5, 5.41) is 10.5. The van der Waals surface area contributed by atoms with Gasteiger partial charge in [-0.25, -0.2) is 13.4 Å². The van der Waals surface area contributed by atoms with Crippen molar-refractivity contribution in [3.63, 3.8) is 0 Å². The van der Waals surface area contributed by atoms with Gasteiger partial charge in [-0.05, 0) is 61.0 Å². The van der Waals surface area contributed by atoms with E-state index in [-0.39, 0.29) is 10.3 Å². The minimum Gasteiger partial charge on any atom is -0.509 e. The molecule has 0 unspecified atom stereocenters. The molecule has 0 saturated heterocycles. The Morgan fingerprint density at radius 1 is 1.15 bits per heavy atom. The average Bonchev–Trinajstić information content (AvgIpc) is 3.24. The van der Waals surface area contributed by atoms with Gasteiger partial charge in [-0.15, -0.1) is 4.40 Å². The maximum absolute atomic E-state index is 13.1. The number of aromatic nitrogens is 1. The molecule has 14 heteroatoms. The molecule has 0 bridgehead atoms. The predicted molar refractivity (Wildman–Crippen MR) is 132 cm³/mol. The Morgan fingerprint density at radius 3 is 2.62 bits per heavy atom. The largest absolute Gasteiger partial charge is 0.509 e. The zero-order valence-corrected chi connectivity index (χ0v) is 20.9. The summed E-state index contributed by atoms with van der Waals surface area (Å²) in [5.74, 6) is -3.33. The number of aliphatic hydroxyl groups excluding tert-OH is 1. The molecule has 2 aliphatic heterocycles. The number of sulfonamides is 2. The molecular formula is C20H16N4O6S4. The van der Waals surface area contributed by atoms with E-state index in [1.165, 1.54) is 0 Å². The number of rotatable bonds is 4. The topological polar surface area (TPSA) is 146 Å². The number of aliphatic hydroxyl groups is 1. The molecule has 0 fully saturated rings. The number of carbonyl (C=O) groups is 1. The van der Waals surface area contributed by atoms with Gasteiger partial charge in [0.05, 0.1) is 15.9 Å². The van der Waals surface area contributed by atoms with E-state index in [2.05, 4.69) is 14.1 Å². The number of thioether (sulfide) groups is 1. The van der Waals surface area contributed by atoms with Crippen LogP contribution in [0.4, 0.5) is 10.8 Å². The normalized spacial score (nSPS) is 18.5. The summed E-state index contributed by atoms with van der Waals surface area (Å²) in [6.07, 6.45) is 0. The van der Waals surface area contributed by atoms with E-state index in [4.69, 9.17) is 0 Å². The van der Waals surface area contributed by atoms with Crippen molar-refractivity contribution in [2.75, 3.05) is 15.4 Å². The van der Waals surface area contributed by atoms with Gasteiger partial charge in [-0.3, -0.25) is 14.4 Å². The van der Waals surface area contributed by atoms with Crippen molar-refractivity contribution in [2.45, 2.75) is 18.7 Å². The van der Waals surface area contributed by atoms with Crippen molar-refractivity contribution in [3.8, 4) is 0 Å². The highest BCUT2D eigenvalue weighted by atomic mass is 32.2. The fourth-order valence-electron chi connectivity index (χ4n) is 3.51. The highest BCUT2D eigenvalue weighted by Crippen LogP contribution is 2.44. The Balaban J connectivity index is 1.48. The average molecular weight is 537 g/mol. The molecule has 0 spiro atoms. The van der Waals surface area contributed by atoms with E-state index in [0.29, 0.717) is 16.1 Å². The molecule has 5 rings (SSSR count). The van der Waals surface area contributed by atoms with Crippen LogP contribution < -0.4 is 9.62 Å².